The van der Waals surface area contributed by atoms with E-state index in [1.807, 2.05) is 41.9 Å². The zero-order chi connectivity index (χ0) is 15.1. The maximum atomic E-state index is 12.5. The van der Waals surface area contributed by atoms with Crippen molar-refractivity contribution < 1.29 is 0 Å². The van der Waals surface area contributed by atoms with Crippen molar-refractivity contribution >= 4 is 32.9 Å². The van der Waals surface area contributed by atoms with Crippen LogP contribution >= 0.6 is 22.7 Å². The first kappa shape index (κ1) is 13.4. The fourth-order valence-electron chi connectivity index (χ4n) is 2.54. The molecule has 108 valence electrons. The van der Waals surface area contributed by atoms with Crippen LogP contribution in [0.15, 0.2) is 52.0 Å². The van der Waals surface area contributed by atoms with E-state index in [4.69, 9.17) is 0 Å². The molecule has 1 aromatic carbocycles. The number of fused-ring (bicyclic) bond motifs is 1. The highest BCUT2D eigenvalue weighted by Gasteiger charge is 2.15. The predicted octanol–water partition coefficient (Wildman–Crippen LogP) is 4.69. The van der Waals surface area contributed by atoms with Crippen molar-refractivity contribution in [3.8, 4) is 21.8 Å². The van der Waals surface area contributed by atoms with Gasteiger partial charge in [0.15, 0.2) is 0 Å². The minimum atomic E-state index is -0.0675. The minimum Gasteiger partial charge on any atom is -0.306 e. The van der Waals surface area contributed by atoms with Crippen molar-refractivity contribution in [2.75, 3.05) is 0 Å². The number of hydrogen-bond acceptors (Lipinski definition) is 4. The number of nitrogens with one attached hydrogen (secondary N) is 1. The summed E-state index contributed by atoms with van der Waals surface area (Å²) >= 11 is 3.17. The average molecular weight is 324 g/mol. The van der Waals surface area contributed by atoms with Crippen LogP contribution < -0.4 is 5.56 Å². The topological polar surface area (TPSA) is 45.8 Å². The molecule has 3 heterocycles. The van der Waals surface area contributed by atoms with Crippen molar-refractivity contribution in [2.45, 2.75) is 6.92 Å². The van der Waals surface area contributed by atoms with Gasteiger partial charge in [0.05, 0.1) is 5.39 Å². The summed E-state index contributed by atoms with van der Waals surface area (Å²) in [6.07, 6.45) is 0. The summed E-state index contributed by atoms with van der Waals surface area (Å²) in [6.45, 7) is 1.99. The molecule has 1 N–H and O–H groups in total. The highest BCUT2D eigenvalue weighted by Crippen LogP contribution is 2.36. The van der Waals surface area contributed by atoms with E-state index in [1.165, 1.54) is 0 Å². The van der Waals surface area contributed by atoms with Crippen molar-refractivity contribution in [2.24, 2.45) is 0 Å². The van der Waals surface area contributed by atoms with Crippen molar-refractivity contribution in [1.82, 2.24) is 9.97 Å². The highest BCUT2D eigenvalue weighted by atomic mass is 32.1. The first-order valence-corrected chi connectivity index (χ1v) is 8.61. The minimum absolute atomic E-state index is 0.0675. The summed E-state index contributed by atoms with van der Waals surface area (Å²) in [4.78, 5) is 21.9. The zero-order valence-corrected chi connectivity index (χ0v) is 13.4. The Hall–Kier alpha value is -2.24. The van der Waals surface area contributed by atoms with Crippen LogP contribution in [0.2, 0.25) is 0 Å². The molecule has 5 heteroatoms. The van der Waals surface area contributed by atoms with E-state index in [2.05, 4.69) is 22.1 Å². The molecule has 0 radical (unpaired) electrons. The number of aryl methyl sites for hydroxylation is 1. The van der Waals surface area contributed by atoms with Gasteiger partial charge in [-0.3, -0.25) is 4.79 Å². The van der Waals surface area contributed by atoms with Gasteiger partial charge in [0.1, 0.15) is 10.7 Å². The quantitative estimate of drug-likeness (QED) is 0.581. The van der Waals surface area contributed by atoms with Gasteiger partial charge in [-0.15, -0.1) is 11.3 Å². The molecule has 0 bridgehead atoms. The van der Waals surface area contributed by atoms with Gasteiger partial charge in [-0.25, -0.2) is 4.98 Å². The summed E-state index contributed by atoms with van der Waals surface area (Å²) in [5, 5.41) is 4.67. The van der Waals surface area contributed by atoms with E-state index in [0.29, 0.717) is 11.2 Å². The van der Waals surface area contributed by atoms with Crippen LogP contribution in [0.1, 0.15) is 5.56 Å². The summed E-state index contributed by atoms with van der Waals surface area (Å²) in [6, 6.07) is 12.1. The zero-order valence-electron chi connectivity index (χ0n) is 11.8. The second kappa shape index (κ2) is 5.19. The summed E-state index contributed by atoms with van der Waals surface area (Å²) < 4.78 is 0. The lowest BCUT2D eigenvalue weighted by Gasteiger charge is -1.98. The lowest BCUT2D eigenvalue weighted by Crippen LogP contribution is -2.08. The molecule has 4 aromatic rings. The fourth-order valence-corrected chi connectivity index (χ4v) is 4.37. The maximum absolute atomic E-state index is 12.5. The van der Waals surface area contributed by atoms with Crippen molar-refractivity contribution in [3.05, 3.63) is 63.1 Å². The molecule has 0 unspecified atom stereocenters. The van der Waals surface area contributed by atoms with E-state index in [-0.39, 0.29) is 5.56 Å². The lowest BCUT2D eigenvalue weighted by molar-refractivity contribution is 1.19. The molecule has 0 saturated carbocycles. The van der Waals surface area contributed by atoms with Gasteiger partial charge in [-0.1, -0.05) is 30.3 Å². The summed E-state index contributed by atoms with van der Waals surface area (Å²) in [5.41, 5.74) is 3.01. The monoisotopic (exact) mass is 324 g/mol. The van der Waals surface area contributed by atoms with Crippen LogP contribution in [0.4, 0.5) is 0 Å². The summed E-state index contributed by atoms with van der Waals surface area (Å²) in [7, 11) is 0. The molecular weight excluding hydrogens is 312 g/mol. The number of H-pyrrole nitrogens is 1. The van der Waals surface area contributed by atoms with Gasteiger partial charge in [0.25, 0.3) is 5.56 Å². The Morgan fingerprint density at radius 1 is 1.09 bits per heavy atom. The third-order valence-electron chi connectivity index (χ3n) is 3.63. The Labute approximate surface area is 134 Å². The van der Waals surface area contributed by atoms with E-state index in [9.17, 15) is 4.79 Å². The van der Waals surface area contributed by atoms with Gasteiger partial charge in [-0.05, 0) is 29.5 Å². The Bertz CT molecular complexity index is 999. The molecule has 0 saturated heterocycles. The third-order valence-corrected chi connectivity index (χ3v) is 5.55. The molecule has 4 rings (SSSR count). The van der Waals surface area contributed by atoms with E-state index in [0.717, 1.165) is 26.4 Å². The first-order chi connectivity index (χ1) is 10.7. The average Bonchev–Trinajstić information content (AvgIpc) is 3.16. The van der Waals surface area contributed by atoms with E-state index < -0.39 is 0 Å². The first-order valence-electron chi connectivity index (χ1n) is 6.85. The van der Waals surface area contributed by atoms with Gasteiger partial charge in [0.2, 0.25) is 0 Å². The predicted molar refractivity (Wildman–Crippen MR) is 93.7 cm³/mol. The van der Waals surface area contributed by atoms with Gasteiger partial charge in [-0.2, -0.15) is 11.3 Å². The van der Waals surface area contributed by atoms with Crippen molar-refractivity contribution in [3.63, 3.8) is 0 Å². The normalized spacial score (nSPS) is 11.1. The molecule has 0 fully saturated rings. The lowest BCUT2D eigenvalue weighted by atomic mass is 10.1. The molecule has 22 heavy (non-hydrogen) atoms. The number of aromatic amines is 1. The van der Waals surface area contributed by atoms with Crippen LogP contribution in [0, 0.1) is 6.92 Å². The molecule has 0 aliphatic heterocycles. The second-order valence-electron chi connectivity index (χ2n) is 5.03. The number of rotatable bonds is 2. The Morgan fingerprint density at radius 2 is 1.91 bits per heavy atom. The number of benzene rings is 1. The Morgan fingerprint density at radius 3 is 2.64 bits per heavy atom. The molecule has 0 aliphatic carbocycles. The van der Waals surface area contributed by atoms with Crippen LogP contribution in [-0.2, 0) is 0 Å². The number of thiophene rings is 2. The van der Waals surface area contributed by atoms with Crippen molar-refractivity contribution in [1.29, 1.82) is 0 Å². The molecule has 0 aliphatic rings. The Kier molecular flexibility index (Phi) is 3.17. The molecule has 0 spiro atoms. The number of aromatic nitrogens is 2. The number of nitrogens with zero attached hydrogens (tertiary/aromatic N) is 1. The fraction of sp³-hybridized carbons (Fsp3) is 0.0588. The Balaban J connectivity index is 1.98. The van der Waals surface area contributed by atoms with Crippen LogP contribution in [-0.4, -0.2) is 9.97 Å². The number of hydrogen-bond donors (Lipinski definition) is 1. The molecule has 0 atom stereocenters. The maximum Gasteiger partial charge on any atom is 0.260 e. The molecule has 0 amide bonds. The van der Waals surface area contributed by atoms with Gasteiger partial charge < -0.3 is 4.98 Å². The smallest absolute Gasteiger partial charge is 0.260 e. The molecule has 3 aromatic heterocycles. The van der Waals surface area contributed by atoms with Crippen LogP contribution in [0.25, 0.3) is 32.0 Å². The SMILES string of the molecule is Cc1c(-c2ccccc2)sc2nc(-c3ccsc3)[nH]c(=O)c12. The van der Waals surface area contributed by atoms with Gasteiger partial charge in [0, 0.05) is 15.8 Å². The van der Waals surface area contributed by atoms with Crippen LogP contribution in [0.5, 0.6) is 0 Å². The molecular formula is C17H12N2OS2. The molecule has 3 nitrogen and oxygen atoms in total. The highest BCUT2D eigenvalue weighted by molar-refractivity contribution is 7.22. The standard InChI is InChI=1S/C17H12N2OS2/c1-10-13-16(20)18-15(12-7-8-21-9-12)19-17(13)22-14(10)11-5-3-2-4-6-11/h2-9H,1H3,(H,18,19,20). The van der Waals surface area contributed by atoms with E-state index >= 15 is 0 Å². The van der Waals surface area contributed by atoms with E-state index in [1.54, 1.807) is 22.7 Å². The summed E-state index contributed by atoms with van der Waals surface area (Å²) in [5.74, 6) is 0.639. The second-order valence-corrected chi connectivity index (χ2v) is 6.81. The van der Waals surface area contributed by atoms with Crippen LogP contribution in [0.3, 0.4) is 0 Å². The largest absolute Gasteiger partial charge is 0.306 e. The van der Waals surface area contributed by atoms with Gasteiger partial charge >= 0.3 is 0 Å². The third kappa shape index (κ3) is 2.10.